The summed E-state index contributed by atoms with van der Waals surface area (Å²) in [7, 11) is 4.34. The number of aliphatic hydroxyl groups is 1. The van der Waals surface area contributed by atoms with E-state index in [1.807, 2.05) is 0 Å². The van der Waals surface area contributed by atoms with Crippen molar-refractivity contribution >= 4 is 0 Å². The van der Waals surface area contributed by atoms with Gasteiger partial charge in [0, 0.05) is 25.7 Å². The molecule has 0 spiro atoms. The summed E-state index contributed by atoms with van der Waals surface area (Å²) in [5.74, 6) is 0. The van der Waals surface area contributed by atoms with E-state index in [1.54, 1.807) is 0 Å². The Morgan fingerprint density at radius 1 is 1.12 bits per heavy atom. The van der Waals surface area contributed by atoms with Crippen LogP contribution >= 0.6 is 0 Å². The molecule has 0 bridgehead atoms. The van der Waals surface area contributed by atoms with Gasteiger partial charge in [0.1, 0.15) is 0 Å². The number of hydrogen-bond donors (Lipinski definition) is 1. The van der Waals surface area contributed by atoms with Crippen LogP contribution in [0.4, 0.5) is 0 Å². The van der Waals surface area contributed by atoms with Gasteiger partial charge in [-0.05, 0) is 49.7 Å². The van der Waals surface area contributed by atoms with Crippen LogP contribution in [0.15, 0.2) is 42.5 Å². The summed E-state index contributed by atoms with van der Waals surface area (Å²) in [4.78, 5) is 4.86. The van der Waals surface area contributed by atoms with Gasteiger partial charge in [-0.2, -0.15) is 0 Å². The Morgan fingerprint density at radius 2 is 1.88 bits per heavy atom. The summed E-state index contributed by atoms with van der Waals surface area (Å²) in [6.07, 6.45) is 1.26. The number of hydrogen-bond acceptors (Lipinski definition) is 3. The SMILES string of the molecule is Cc1ccc(-c2ccc(CN3CCC(N(C)C)C3)cc2)c(CO)c1. The summed E-state index contributed by atoms with van der Waals surface area (Å²) in [5.41, 5.74) is 5.84. The lowest BCUT2D eigenvalue weighted by molar-refractivity contribution is 0.264. The van der Waals surface area contributed by atoms with Crippen molar-refractivity contribution in [1.82, 2.24) is 9.80 Å². The van der Waals surface area contributed by atoms with Crippen molar-refractivity contribution < 1.29 is 5.11 Å². The minimum absolute atomic E-state index is 0.0818. The molecule has 1 fully saturated rings. The van der Waals surface area contributed by atoms with Gasteiger partial charge in [-0.1, -0.05) is 48.0 Å². The predicted octanol–water partition coefficient (Wildman–Crippen LogP) is 3.29. The quantitative estimate of drug-likeness (QED) is 0.914. The Morgan fingerprint density at radius 3 is 2.50 bits per heavy atom. The van der Waals surface area contributed by atoms with E-state index in [9.17, 15) is 5.11 Å². The van der Waals surface area contributed by atoms with Gasteiger partial charge in [-0.15, -0.1) is 0 Å². The van der Waals surface area contributed by atoms with Gasteiger partial charge in [0.25, 0.3) is 0 Å². The summed E-state index contributed by atoms with van der Waals surface area (Å²) in [5, 5.41) is 9.61. The molecule has 3 nitrogen and oxygen atoms in total. The Hall–Kier alpha value is -1.68. The molecule has 0 aliphatic carbocycles. The third kappa shape index (κ3) is 3.86. The van der Waals surface area contributed by atoms with E-state index in [0.717, 1.165) is 24.2 Å². The number of rotatable bonds is 5. The molecule has 1 aliphatic rings. The Labute approximate surface area is 145 Å². The summed E-state index contributed by atoms with van der Waals surface area (Å²) in [6, 6.07) is 15.8. The monoisotopic (exact) mass is 324 g/mol. The van der Waals surface area contributed by atoms with E-state index >= 15 is 0 Å². The van der Waals surface area contributed by atoms with Gasteiger partial charge in [0.15, 0.2) is 0 Å². The molecule has 1 heterocycles. The maximum Gasteiger partial charge on any atom is 0.0687 e. The highest BCUT2D eigenvalue weighted by molar-refractivity contribution is 5.68. The largest absolute Gasteiger partial charge is 0.392 e. The van der Waals surface area contributed by atoms with E-state index < -0.39 is 0 Å². The first-order chi connectivity index (χ1) is 11.6. The number of nitrogens with zero attached hydrogens (tertiary/aromatic N) is 2. The third-order valence-corrected chi connectivity index (χ3v) is 5.08. The molecule has 1 atom stereocenters. The van der Waals surface area contributed by atoms with E-state index in [4.69, 9.17) is 0 Å². The van der Waals surface area contributed by atoms with Crippen LogP contribution in [-0.4, -0.2) is 48.1 Å². The smallest absolute Gasteiger partial charge is 0.0687 e. The maximum absolute atomic E-state index is 9.61. The molecule has 2 aromatic rings. The van der Waals surface area contributed by atoms with Crippen molar-refractivity contribution in [3.05, 3.63) is 59.2 Å². The van der Waals surface area contributed by atoms with Crippen LogP contribution in [0.3, 0.4) is 0 Å². The number of aryl methyl sites for hydroxylation is 1. The second kappa shape index (κ2) is 7.47. The molecule has 24 heavy (non-hydrogen) atoms. The van der Waals surface area contributed by atoms with Crippen molar-refractivity contribution in [2.45, 2.75) is 32.5 Å². The highest BCUT2D eigenvalue weighted by Gasteiger charge is 2.23. The molecule has 1 N–H and O–H groups in total. The van der Waals surface area contributed by atoms with Crippen LogP contribution in [0, 0.1) is 6.92 Å². The fourth-order valence-electron chi connectivity index (χ4n) is 3.56. The van der Waals surface area contributed by atoms with E-state index in [2.05, 4.69) is 73.3 Å². The van der Waals surface area contributed by atoms with Crippen molar-refractivity contribution in [1.29, 1.82) is 0 Å². The molecule has 1 aliphatic heterocycles. The minimum Gasteiger partial charge on any atom is -0.392 e. The second-order valence-electron chi connectivity index (χ2n) is 7.16. The van der Waals surface area contributed by atoms with Crippen molar-refractivity contribution in [2.75, 3.05) is 27.2 Å². The first kappa shape index (κ1) is 17.2. The van der Waals surface area contributed by atoms with Crippen LogP contribution in [0.25, 0.3) is 11.1 Å². The Bertz CT molecular complexity index is 679. The van der Waals surface area contributed by atoms with Crippen LogP contribution < -0.4 is 0 Å². The van der Waals surface area contributed by atoms with E-state index in [1.165, 1.54) is 29.7 Å². The highest BCUT2D eigenvalue weighted by Crippen LogP contribution is 2.26. The van der Waals surface area contributed by atoms with E-state index in [0.29, 0.717) is 6.04 Å². The van der Waals surface area contributed by atoms with Crippen LogP contribution in [0.5, 0.6) is 0 Å². The second-order valence-corrected chi connectivity index (χ2v) is 7.16. The third-order valence-electron chi connectivity index (χ3n) is 5.08. The molecule has 2 aromatic carbocycles. The summed E-state index contributed by atoms with van der Waals surface area (Å²) < 4.78 is 0. The molecule has 0 aromatic heterocycles. The molecular weight excluding hydrogens is 296 g/mol. The summed E-state index contributed by atoms with van der Waals surface area (Å²) >= 11 is 0. The van der Waals surface area contributed by atoms with Gasteiger partial charge in [0.2, 0.25) is 0 Å². The average Bonchev–Trinajstić information content (AvgIpc) is 3.04. The standard InChI is InChI=1S/C21H28N2O/c1-16-4-9-21(19(12-16)15-24)18-7-5-17(6-8-18)13-23-11-10-20(14-23)22(2)3/h4-9,12,20,24H,10-11,13-15H2,1-3H3. The zero-order valence-electron chi connectivity index (χ0n) is 15.0. The van der Waals surface area contributed by atoms with Crippen molar-refractivity contribution in [2.24, 2.45) is 0 Å². The molecule has 128 valence electrons. The van der Waals surface area contributed by atoms with Crippen molar-refractivity contribution in [3.63, 3.8) is 0 Å². The molecule has 1 saturated heterocycles. The Kier molecular flexibility index (Phi) is 5.34. The van der Waals surface area contributed by atoms with Crippen LogP contribution in [-0.2, 0) is 13.2 Å². The number of benzene rings is 2. The van der Waals surface area contributed by atoms with Crippen molar-refractivity contribution in [3.8, 4) is 11.1 Å². The van der Waals surface area contributed by atoms with Gasteiger partial charge in [-0.25, -0.2) is 0 Å². The van der Waals surface area contributed by atoms with Crippen LogP contribution in [0.2, 0.25) is 0 Å². The first-order valence-electron chi connectivity index (χ1n) is 8.75. The minimum atomic E-state index is 0.0818. The van der Waals surface area contributed by atoms with E-state index in [-0.39, 0.29) is 6.61 Å². The molecule has 0 saturated carbocycles. The average molecular weight is 324 g/mol. The lowest BCUT2D eigenvalue weighted by atomic mass is 9.97. The van der Waals surface area contributed by atoms with Gasteiger partial charge in [0.05, 0.1) is 6.61 Å². The van der Waals surface area contributed by atoms with Gasteiger partial charge < -0.3 is 10.0 Å². The normalized spacial score (nSPS) is 18.5. The molecule has 0 radical (unpaired) electrons. The molecule has 3 rings (SSSR count). The lowest BCUT2D eigenvalue weighted by Crippen LogP contribution is -2.31. The predicted molar refractivity (Wildman–Crippen MR) is 99.9 cm³/mol. The zero-order valence-corrected chi connectivity index (χ0v) is 15.0. The number of likely N-dealkylation sites (N-methyl/N-ethyl adjacent to an activating group) is 1. The molecule has 3 heteroatoms. The fraction of sp³-hybridized carbons (Fsp3) is 0.429. The lowest BCUT2D eigenvalue weighted by Gasteiger charge is -2.20. The number of aliphatic hydroxyl groups excluding tert-OH is 1. The Balaban J connectivity index is 1.70. The summed E-state index contributed by atoms with van der Waals surface area (Å²) in [6.45, 7) is 5.49. The fourth-order valence-corrected chi connectivity index (χ4v) is 3.56. The zero-order chi connectivity index (χ0) is 17.1. The van der Waals surface area contributed by atoms with Gasteiger partial charge in [-0.3, -0.25) is 4.90 Å². The van der Waals surface area contributed by atoms with Crippen LogP contribution in [0.1, 0.15) is 23.1 Å². The molecular formula is C21H28N2O. The first-order valence-corrected chi connectivity index (χ1v) is 8.75. The highest BCUT2D eigenvalue weighted by atomic mass is 16.3. The number of likely N-dealkylation sites (tertiary alicyclic amines) is 1. The maximum atomic E-state index is 9.61. The molecule has 0 amide bonds. The van der Waals surface area contributed by atoms with Gasteiger partial charge >= 0.3 is 0 Å². The molecule has 1 unspecified atom stereocenters. The topological polar surface area (TPSA) is 26.7 Å².